The van der Waals surface area contributed by atoms with Crippen molar-refractivity contribution in [3.63, 3.8) is 0 Å². The van der Waals surface area contributed by atoms with E-state index in [0.717, 1.165) is 17.3 Å². The van der Waals surface area contributed by atoms with E-state index in [2.05, 4.69) is 27.4 Å². The van der Waals surface area contributed by atoms with E-state index in [1.165, 1.54) is 30.3 Å². The first-order valence-corrected chi connectivity index (χ1v) is 10.7. The highest BCUT2D eigenvalue weighted by molar-refractivity contribution is 7.99. The van der Waals surface area contributed by atoms with Gasteiger partial charge in [-0.25, -0.2) is 8.78 Å². The number of allylic oxidation sites excluding steroid dienone is 1. The highest BCUT2D eigenvalue weighted by atomic mass is 32.2. The Morgan fingerprint density at radius 1 is 1.06 bits per heavy atom. The number of carbonyl (C=O) groups is 2. The fourth-order valence-electron chi connectivity index (χ4n) is 2.75. The van der Waals surface area contributed by atoms with Crippen LogP contribution in [0.25, 0.3) is 0 Å². The lowest BCUT2D eigenvalue weighted by Gasteiger charge is -2.09. The average Bonchev–Trinajstić information content (AvgIpc) is 3.15. The summed E-state index contributed by atoms with van der Waals surface area (Å²) in [5.41, 5.74) is 0.863. The van der Waals surface area contributed by atoms with E-state index in [1.807, 2.05) is 0 Å². The van der Waals surface area contributed by atoms with Crippen molar-refractivity contribution in [1.82, 2.24) is 20.1 Å². The van der Waals surface area contributed by atoms with Crippen molar-refractivity contribution in [1.29, 1.82) is 0 Å². The van der Waals surface area contributed by atoms with Crippen molar-refractivity contribution in [2.45, 2.75) is 24.7 Å². The molecule has 1 heterocycles. The minimum absolute atomic E-state index is 0.0812. The van der Waals surface area contributed by atoms with Gasteiger partial charge in [0.15, 0.2) is 5.16 Å². The van der Waals surface area contributed by atoms with Gasteiger partial charge in [0.25, 0.3) is 0 Å². The third kappa shape index (κ3) is 6.48. The molecule has 10 heteroatoms. The van der Waals surface area contributed by atoms with Crippen molar-refractivity contribution in [2.75, 3.05) is 11.1 Å². The van der Waals surface area contributed by atoms with Gasteiger partial charge >= 0.3 is 0 Å². The number of amides is 2. The topological polar surface area (TPSA) is 88.9 Å². The fourth-order valence-corrected chi connectivity index (χ4v) is 3.55. The zero-order valence-corrected chi connectivity index (χ0v) is 17.9. The Hall–Kier alpha value is -3.53. The third-order valence-electron chi connectivity index (χ3n) is 4.31. The molecule has 3 aromatic rings. The summed E-state index contributed by atoms with van der Waals surface area (Å²) in [5.74, 6) is -1.09. The van der Waals surface area contributed by atoms with Gasteiger partial charge in [-0.2, -0.15) is 0 Å². The van der Waals surface area contributed by atoms with Gasteiger partial charge in [0.2, 0.25) is 11.8 Å². The van der Waals surface area contributed by atoms with Crippen LogP contribution < -0.4 is 10.6 Å². The van der Waals surface area contributed by atoms with Crippen LogP contribution in [0.15, 0.2) is 66.3 Å². The summed E-state index contributed by atoms with van der Waals surface area (Å²) >= 11 is 1.16. The van der Waals surface area contributed by atoms with Crippen LogP contribution in [-0.2, 0) is 29.1 Å². The monoisotopic (exact) mass is 457 g/mol. The predicted octanol–water partition coefficient (Wildman–Crippen LogP) is 3.33. The zero-order chi connectivity index (χ0) is 22.9. The minimum Gasteiger partial charge on any atom is -0.351 e. The number of thioether (sulfide) groups is 1. The van der Waals surface area contributed by atoms with Crippen LogP contribution in [0.2, 0.25) is 0 Å². The van der Waals surface area contributed by atoms with Crippen LogP contribution in [0.5, 0.6) is 0 Å². The van der Waals surface area contributed by atoms with Gasteiger partial charge in [-0.15, -0.1) is 16.8 Å². The van der Waals surface area contributed by atoms with Gasteiger partial charge in [-0.05, 0) is 29.8 Å². The summed E-state index contributed by atoms with van der Waals surface area (Å²) in [6.07, 6.45) is 1.51. The molecule has 0 spiro atoms. The van der Waals surface area contributed by atoms with E-state index < -0.39 is 11.7 Å². The lowest BCUT2D eigenvalue weighted by Crippen LogP contribution is -2.24. The number of rotatable bonds is 10. The number of hydrogen-bond donors (Lipinski definition) is 2. The van der Waals surface area contributed by atoms with Crippen molar-refractivity contribution >= 4 is 29.3 Å². The van der Waals surface area contributed by atoms with E-state index >= 15 is 0 Å². The van der Waals surface area contributed by atoms with Crippen molar-refractivity contribution < 1.29 is 18.4 Å². The smallest absolute Gasteiger partial charge is 0.232 e. The van der Waals surface area contributed by atoms with Gasteiger partial charge in [0.1, 0.15) is 17.5 Å². The molecule has 0 aliphatic heterocycles. The van der Waals surface area contributed by atoms with E-state index in [0.29, 0.717) is 17.5 Å². The summed E-state index contributed by atoms with van der Waals surface area (Å²) in [6, 6.07) is 11.7. The summed E-state index contributed by atoms with van der Waals surface area (Å²) in [5, 5.41) is 13.8. The minimum atomic E-state index is -0.531. The number of nitrogens with zero attached hydrogens (tertiary/aromatic N) is 3. The Morgan fingerprint density at radius 3 is 2.53 bits per heavy atom. The van der Waals surface area contributed by atoms with Crippen LogP contribution in [-0.4, -0.2) is 32.3 Å². The van der Waals surface area contributed by atoms with Gasteiger partial charge in [0, 0.05) is 13.1 Å². The fraction of sp³-hybridized carbons (Fsp3) is 0.182. The molecule has 2 amide bonds. The molecule has 2 N–H and O–H groups in total. The molecule has 0 fully saturated rings. The highest BCUT2D eigenvalue weighted by Crippen LogP contribution is 2.18. The Kier molecular flexibility index (Phi) is 8.09. The lowest BCUT2D eigenvalue weighted by molar-refractivity contribution is -0.118. The molecule has 0 aliphatic rings. The van der Waals surface area contributed by atoms with Gasteiger partial charge in [-0.3, -0.25) is 9.59 Å². The number of nitrogens with one attached hydrogen (secondary N) is 2. The molecule has 2 aromatic carbocycles. The number of anilines is 1. The molecule has 0 bridgehead atoms. The number of halogens is 2. The molecular formula is C22H21F2N5O2S. The predicted molar refractivity (Wildman–Crippen MR) is 118 cm³/mol. The molecule has 7 nitrogen and oxygen atoms in total. The van der Waals surface area contributed by atoms with Crippen molar-refractivity contribution in [3.05, 3.63) is 84.2 Å². The Balaban J connectivity index is 1.57. The Morgan fingerprint density at radius 2 is 1.81 bits per heavy atom. The van der Waals surface area contributed by atoms with Crippen LogP contribution in [0, 0.1) is 11.6 Å². The summed E-state index contributed by atoms with van der Waals surface area (Å²) in [7, 11) is 0. The molecule has 0 aliphatic carbocycles. The molecular weight excluding hydrogens is 436 g/mol. The van der Waals surface area contributed by atoms with Gasteiger partial charge in [-0.1, -0.05) is 42.1 Å². The number of carbonyl (C=O) groups excluding carboxylic acids is 2. The van der Waals surface area contributed by atoms with Gasteiger partial charge in [0.05, 0.1) is 17.9 Å². The quantitative estimate of drug-likeness (QED) is 0.360. The second kappa shape index (κ2) is 11.2. The largest absolute Gasteiger partial charge is 0.351 e. The molecule has 0 atom stereocenters. The maximum absolute atomic E-state index is 13.7. The van der Waals surface area contributed by atoms with Crippen LogP contribution in [0.3, 0.4) is 0 Å². The number of hydrogen-bond acceptors (Lipinski definition) is 5. The number of aromatic nitrogens is 3. The Bertz CT molecular complexity index is 1100. The first-order valence-electron chi connectivity index (χ1n) is 9.67. The van der Waals surface area contributed by atoms with Crippen molar-refractivity contribution in [3.8, 4) is 0 Å². The molecule has 32 heavy (non-hydrogen) atoms. The first-order chi connectivity index (χ1) is 15.5. The molecule has 0 radical (unpaired) electrons. The maximum atomic E-state index is 13.7. The van der Waals surface area contributed by atoms with Crippen molar-refractivity contribution in [2.24, 2.45) is 0 Å². The molecule has 0 saturated carbocycles. The third-order valence-corrected chi connectivity index (χ3v) is 5.27. The maximum Gasteiger partial charge on any atom is 0.232 e. The zero-order valence-electron chi connectivity index (χ0n) is 17.1. The number of benzene rings is 2. The van der Waals surface area contributed by atoms with E-state index in [4.69, 9.17) is 0 Å². The molecule has 1 aromatic heterocycles. The van der Waals surface area contributed by atoms with Gasteiger partial charge < -0.3 is 15.2 Å². The highest BCUT2D eigenvalue weighted by Gasteiger charge is 2.17. The summed E-state index contributed by atoms with van der Waals surface area (Å²) in [4.78, 5) is 24.5. The second-order valence-corrected chi connectivity index (χ2v) is 7.64. The molecule has 166 valence electrons. The molecule has 0 saturated heterocycles. The molecule has 0 unspecified atom stereocenters. The van der Waals surface area contributed by atoms with Crippen LogP contribution >= 0.6 is 11.8 Å². The lowest BCUT2D eigenvalue weighted by atomic mass is 10.2. The SMILES string of the molecule is C=CCn1c(CC(=O)Nc2ccccc2F)nnc1SCC(=O)NCc1ccc(F)cc1. The summed E-state index contributed by atoms with van der Waals surface area (Å²) in [6.45, 7) is 4.32. The van der Waals surface area contributed by atoms with E-state index in [-0.39, 0.29) is 36.1 Å². The Labute approximate surface area is 187 Å². The first kappa shape index (κ1) is 23.1. The summed E-state index contributed by atoms with van der Waals surface area (Å²) < 4.78 is 28.4. The molecule has 3 rings (SSSR count). The average molecular weight is 458 g/mol. The van der Waals surface area contributed by atoms with Crippen LogP contribution in [0.4, 0.5) is 14.5 Å². The number of para-hydroxylation sites is 1. The van der Waals surface area contributed by atoms with E-state index in [1.54, 1.807) is 28.8 Å². The normalized spacial score (nSPS) is 10.6. The van der Waals surface area contributed by atoms with E-state index in [9.17, 15) is 18.4 Å². The van der Waals surface area contributed by atoms with Crippen LogP contribution in [0.1, 0.15) is 11.4 Å². The second-order valence-electron chi connectivity index (χ2n) is 6.69. The standard InChI is InChI=1S/C22H21F2N5O2S/c1-2-11-29-19(12-20(30)26-18-6-4-3-5-17(18)24)27-28-22(29)32-14-21(31)25-13-15-7-9-16(23)10-8-15/h2-10H,1,11-14H2,(H,25,31)(H,26,30).